The van der Waals surface area contributed by atoms with Crippen LogP contribution in [-0.2, 0) is 19.1 Å². The van der Waals surface area contributed by atoms with E-state index in [0.29, 0.717) is 10.6 Å². The molecule has 1 aromatic rings. The molecule has 1 aromatic heterocycles. The molecule has 1 unspecified atom stereocenters. The van der Waals surface area contributed by atoms with Crippen LogP contribution in [0.2, 0.25) is 0 Å². The third-order valence-electron chi connectivity index (χ3n) is 3.81. The smallest absolute Gasteiger partial charge is 0.356 e. The molecular weight excluding hydrogens is 354 g/mol. The number of nitrogens with one attached hydrogen (secondary N) is 1. The number of carboxylic acid groups (broad SMARTS) is 1. The lowest BCUT2D eigenvalue weighted by Gasteiger charge is -2.49. The van der Waals surface area contributed by atoms with Crippen LogP contribution in [0.15, 0.2) is 29.0 Å². The number of carbonyl (C=O) groups is 3. The molecule has 0 saturated carbocycles. The van der Waals surface area contributed by atoms with E-state index < -0.39 is 35.2 Å². The lowest BCUT2D eigenvalue weighted by atomic mass is 10.0. The number of amides is 2. The Labute approximate surface area is 145 Å². The SMILES string of the molecule is COC1=C(C(=O)O)N2C(=O)[C@@H](NC(=O)C(N)c3cccs3)[C@@H]2SC1. The van der Waals surface area contributed by atoms with Gasteiger partial charge in [-0.25, -0.2) is 4.79 Å². The standard InChI is InChI=1S/C14H15N3O5S2/c1-22-6-5-24-13-9(12(19)17(13)10(6)14(20)21)16-11(18)8(15)7-3-2-4-23-7/h2-4,8-9,13H,5,15H2,1H3,(H,16,18)(H,20,21)/t8?,9-,13+/m1/s1. The highest BCUT2D eigenvalue weighted by Gasteiger charge is 2.55. The van der Waals surface area contributed by atoms with Crippen molar-refractivity contribution in [2.45, 2.75) is 17.5 Å². The summed E-state index contributed by atoms with van der Waals surface area (Å²) < 4.78 is 5.05. The fraction of sp³-hybridized carbons (Fsp3) is 0.357. The van der Waals surface area contributed by atoms with Crippen LogP contribution in [0.25, 0.3) is 0 Å². The number of hydrogen-bond donors (Lipinski definition) is 3. The van der Waals surface area contributed by atoms with Gasteiger partial charge in [-0.15, -0.1) is 23.1 Å². The number of fused-ring (bicyclic) bond motifs is 1. The van der Waals surface area contributed by atoms with Crippen molar-refractivity contribution in [3.63, 3.8) is 0 Å². The zero-order valence-corrected chi connectivity index (χ0v) is 14.2. The van der Waals surface area contributed by atoms with Gasteiger partial charge < -0.3 is 20.9 Å². The van der Waals surface area contributed by atoms with Gasteiger partial charge in [-0.05, 0) is 11.4 Å². The van der Waals surface area contributed by atoms with Gasteiger partial charge in [-0.2, -0.15) is 0 Å². The van der Waals surface area contributed by atoms with Crippen molar-refractivity contribution >= 4 is 40.9 Å². The van der Waals surface area contributed by atoms with Gasteiger partial charge >= 0.3 is 5.97 Å². The Morgan fingerprint density at radius 3 is 2.88 bits per heavy atom. The Balaban J connectivity index is 1.73. The molecule has 8 nitrogen and oxygen atoms in total. The molecule has 0 bridgehead atoms. The first kappa shape index (κ1) is 16.8. The molecule has 128 valence electrons. The highest BCUT2D eigenvalue weighted by atomic mass is 32.2. The maximum atomic E-state index is 12.3. The van der Waals surface area contributed by atoms with E-state index in [4.69, 9.17) is 10.5 Å². The van der Waals surface area contributed by atoms with E-state index in [1.807, 2.05) is 5.38 Å². The van der Waals surface area contributed by atoms with E-state index in [0.717, 1.165) is 4.90 Å². The first-order chi connectivity index (χ1) is 11.5. The number of thioether (sulfide) groups is 1. The first-order valence-electron chi connectivity index (χ1n) is 7.00. The molecule has 0 aromatic carbocycles. The van der Waals surface area contributed by atoms with Gasteiger partial charge in [-0.3, -0.25) is 14.5 Å². The Kier molecular flexibility index (Phi) is 4.52. The highest BCUT2D eigenvalue weighted by molar-refractivity contribution is 8.00. The average Bonchev–Trinajstić information content (AvgIpc) is 3.11. The lowest BCUT2D eigenvalue weighted by molar-refractivity contribution is -0.151. The molecule has 3 rings (SSSR count). The maximum Gasteiger partial charge on any atom is 0.356 e. The number of carbonyl (C=O) groups excluding carboxylic acids is 2. The number of rotatable bonds is 5. The third kappa shape index (κ3) is 2.66. The summed E-state index contributed by atoms with van der Waals surface area (Å²) in [4.78, 5) is 37.8. The minimum Gasteiger partial charge on any atom is -0.498 e. The Bertz CT molecular complexity index is 718. The van der Waals surface area contributed by atoms with Crippen LogP contribution < -0.4 is 11.1 Å². The zero-order valence-electron chi connectivity index (χ0n) is 12.6. The van der Waals surface area contributed by atoms with Crippen molar-refractivity contribution in [2.75, 3.05) is 12.9 Å². The Hall–Kier alpha value is -2.04. The van der Waals surface area contributed by atoms with E-state index in [9.17, 15) is 19.5 Å². The minimum absolute atomic E-state index is 0.167. The van der Waals surface area contributed by atoms with E-state index in [1.165, 1.54) is 30.2 Å². The summed E-state index contributed by atoms with van der Waals surface area (Å²) in [6.07, 6.45) is 0. The fourth-order valence-corrected chi connectivity index (χ4v) is 4.62. The summed E-state index contributed by atoms with van der Waals surface area (Å²) in [5.41, 5.74) is 5.72. The second-order valence-corrected chi connectivity index (χ2v) is 7.25. The van der Waals surface area contributed by atoms with E-state index >= 15 is 0 Å². The molecular formula is C14H15N3O5S2. The quantitative estimate of drug-likeness (QED) is 0.629. The van der Waals surface area contributed by atoms with Crippen LogP contribution in [0.3, 0.4) is 0 Å². The van der Waals surface area contributed by atoms with Crippen LogP contribution in [0, 0.1) is 0 Å². The number of nitrogens with two attached hydrogens (primary N) is 1. The Morgan fingerprint density at radius 2 is 2.29 bits per heavy atom. The van der Waals surface area contributed by atoms with Crippen molar-refractivity contribution in [2.24, 2.45) is 5.73 Å². The molecule has 3 heterocycles. The second kappa shape index (κ2) is 6.46. The number of methoxy groups -OCH3 is 1. The number of ether oxygens (including phenoxy) is 1. The largest absolute Gasteiger partial charge is 0.498 e. The number of nitrogens with zero attached hydrogens (tertiary/aromatic N) is 1. The Morgan fingerprint density at radius 1 is 1.54 bits per heavy atom. The predicted octanol–water partition coefficient (Wildman–Crippen LogP) is 0.0904. The van der Waals surface area contributed by atoms with Gasteiger partial charge in [0.05, 0.1) is 12.9 Å². The molecule has 3 atom stereocenters. The monoisotopic (exact) mass is 369 g/mol. The van der Waals surface area contributed by atoms with Crippen molar-refractivity contribution in [3.05, 3.63) is 33.8 Å². The molecule has 2 aliphatic rings. The molecule has 24 heavy (non-hydrogen) atoms. The van der Waals surface area contributed by atoms with Crippen LogP contribution in [0.4, 0.5) is 0 Å². The van der Waals surface area contributed by atoms with Crippen LogP contribution in [-0.4, -0.2) is 52.1 Å². The van der Waals surface area contributed by atoms with Crippen LogP contribution in [0.5, 0.6) is 0 Å². The molecule has 1 saturated heterocycles. The van der Waals surface area contributed by atoms with Gasteiger partial charge in [0, 0.05) is 4.88 Å². The second-order valence-electron chi connectivity index (χ2n) is 5.17. The molecule has 0 radical (unpaired) electrons. The topological polar surface area (TPSA) is 122 Å². The minimum atomic E-state index is -1.23. The normalized spacial score (nSPS) is 24.1. The van der Waals surface area contributed by atoms with Gasteiger partial charge in [0.1, 0.15) is 23.2 Å². The number of β-lactam (4-membered cyclic amide) rings is 1. The fourth-order valence-electron chi connectivity index (χ4n) is 2.59. The van der Waals surface area contributed by atoms with Crippen LogP contribution >= 0.6 is 23.1 Å². The molecule has 1 fully saturated rings. The maximum absolute atomic E-state index is 12.3. The van der Waals surface area contributed by atoms with Gasteiger partial charge in [0.25, 0.3) is 5.91 Å². The summed E-state index contributed by atoms with van der Waals surface area (Å²) >= 11 is 2.69. The number of carboxylic acids is 1. The predicted molar refractivity (Wildman–Crippen MR) is 87.9 cm³/mol. The highest BCUT2D eigenvalue weighted by Crippen LogP contribution is 2.40. The van der Waals surface area contributed by atoms with Crippen molar-refractivity contribution < 1.29 is 24.2 Å². The summed E-state index contributed by atoms with van der Waals surface area (Å²) in [7, 11) is 1.36. The van der Waals surface area contributed by atoms with Gasteiger partial charge in [-0.1, -0.05) is 6.07 Å². The van der Waals surface area contributed by atoms with Crippen molar-refractivity contribution in [1.82, 2.24) is 10.2 Å². The average molecular weight is 369 g/mol. The van der Waals surface area contributed by atoms with Crippen molar-refractivity contribution in [3.8, 4) is 0 Å². The lowest BCUT2D eigenvalue weighted by Crippen LogP contribution is -2.71. The molecule has 2 aliphatic heterocycles. The first-order valence-corrected chi connectivity index (χ1v) is 8.93. The summed E-state index contributed by atoms with van der Waals surface area (Å²) in [6, 6.07) is 1.89. The van der Waals surface area contributed by atoms with Gasteiger partial charge in [0.2, 0.25) is 5.91 Å². The van der Waals surface area contributed by atoms with E-state index in [2.05, 4.69) is 5.32 Å². The molecule has 0 spiro atoms. The summed E-state index contributed by atoms with van der Waals surface area (Å²) in [5, 5.41) is 13.3. The number of hydrogen-bond acceptors (Lipinski definition) is 7. The molecule has 4 N–H and O–H groups in total. The van der Waals surface area contributed by atoms with E-state index in [1.54, 1.807) is 12.1 Å². The number of thiophene rings is 1. The molecule has 0 aliphatic carbocycles. The zero-order chi connectivity index (χ0) is 17.4. The van der Waals surface area contributed by atoms with Crippen molar-refractivity contribution in [1.29, 1.82) is 0 Å². The van der Waals surface area contributed by atoms with E-state index in [-0.39, 0.29) is 11.5 Å². The third-order valence-corrected chi connectivity index (χ3v) is 6.02. The molecule has 2 amide bonds. The van der Waals surface area contributed by atoms with Gasteiger partial charge in [0.15, 0.2) is 5.70 Å². The number of aliphatic carboxylic acids is 1. The summed E-state index contributed by atoms with van der Waals surface area (Å²) in [6.45, 7) is 0. The molecule has 10 heteroatoms. The van der Waals surface area contributed by atoms with Crippen LogP contribution in [0.1, 0.15) is 10.9 Å². The summed E-state index contributed by atoms with van der Waals surface area (Å²) in [5.74, 6) is -1.63.